The SMILES string of the molecule is C[C@@H]1CN(c2ccc(NC(=O)CC(C)(C)CC(=O)O)cc2F)C[C@H](C)O1. The Kier molecular flexibility index (Phi) is 6.23. The summed E-state index contributed by atoms with van der Waals surface area (Å²) >= 11 is 0. The quantitative estimate of drug-likeness (QED) is 0.808. The van der Waals surface area contributed by atoms with Gasteiger partial charge in [0.15, 0.2) is 0 Å². The summed E-state index contributed by atoms with van der Waals surface area (Å²) in [5.41, 5.74) is 0.169. The van der Waals surface area contributed by atoms with Crippen LogP contribution in [0, 0.1) is 11.2 Å². The number of carboxylic acid groups (broad SMARTS) is 1. The van der Waals surface area contributed by atoms with Gasteiger partial charge >= 0.3 is 5.97 Å². The van der Waals surface area contributed by atoms with Crippen molar-refractivity contribution in [3.05, 3.63) is 24.0 Å². The number of amides is 1. The van der Waals surface area contributed by atoms with Crippen LogP contribution in [0.3, 0.4) is 0 Å². The summed E-state index contributed by atoms with van der Waals surface area (Å²) in [6, 6.07) is 4.60. The lowest BCUT2D eigenvalue weighted by Crippen LogP contribution is -2.45. The molecule has 1 aromatic carbocycles. The van der Waals surface area contributed by atoms with Gasteiger partial charge in [0, 0.05) is 25.2 Å². The Morgan fingerprint density at radius 1 is 1.27 bits per heavy atom. The van der Waals surface area contributed by atoms with Gasteiger partial charge in [0.1, 0.15) is 5.82 Å². The molecule has 2 N–H and O–H groups in total. The fourth-order valence-electron chi connectivity index (χ4n) is 3.33. The normalized spacial score (nSPS) is 20.7. The molecule has 0 aromatic heterocycles. The highest BCUT2D eigenvalue weighted by Crippen LogP contribution is 2.28. The number of carbonyl (C=O) groups is 2. The molecule has 0 unspecified atom stereocenters. The van der Waals surface area contributed by atoms with Gasteiger partial charge in [0.2, 0.25) is 5.91 Å². The van der Waals surface area contributed by atoms with Crippen LogP contribution in [-0.4, -0.2) is 42.3 Å². The minimum atomic E-state index is -0.952. The van der Waals surface area contributed by atoms with Crippen molar-refractivity contribution in [2.75, 3.05) is 23.3 Å². The molecule has 0 radical (unpaired) electrons. The highest BCUT2D eigenvalue weighted by atomic mass is 19.1. The third-order valence-electron chi connectivity index (χ3n) is 4.26. The molecule has 0 aliphatic carbocycles. The molecule has 1 aliphatic rings. The number of halogens is 1. The van der Waals surface area contributed by atoms with Crippen LogP contribution in [0.15, 0.2) is 18.2 Å². The number of carbonyl (C=O) groups excluding carboxylic acids is 1. The van der Waals surface area contributed by atoms with E-state index in [9.17, 15) is 14.0 Å². The standard InChI is InChI=1S/C19H27FN2O4/c1-12-10-22(11-13(2)26-12)16-6-5-14(7-15(16)20)21-17(23)8-19(3,4)9-18(24)25/h5-7,12-13H,8-11H2,1-4H3,(H,21,23)(H,24,25)/t12-,13+. The second kappa shape index (κ2) is 8.03. The molecule has 0 saturated carbocycles. The third kappa shape index (κ3) is 5.69. The lowest BCUT2D eigenvalue weighted by molar-refractivity contribution is -0.139. The van der Waals surface area contributed by atoms with E-state index in [-0.39, 0.29) is 31.0 Å². The van der Waals surface area contributed by atoms with E-state index in [1.165, 1.54) is 6.07 Å². The number of hydrogen-bond acceptors (Lipinski definition) is 4. The van der Waals surface area contributed by atoms with Crippen molar-refractivity contribution in [3.63, 3.8) is 0 Å². The van der Waals surface area contributed by atoms with Gasteiger partial charge in [-0.1, -0.05) is 13.8 Å². The van der Waals surface area contributed by atoms with Crippen molar-refractivity contribution in [2.45, 2.75) is 52.7 Å². The Hall–Kier alpha value is -2.15. The number of nitrogens with zero attached hydrogens (tertiary/aromatic N) is 1. The van der Waals surface area contributed by atoms with Gasteiger partial charge < -0.3 is 20.1 Å². The van der Waals surface area contributed by atoms with Crippen LogP contribution < -0.4 is 10.2 Å². The number of ether oxygens (including phenoxy) is 1. The van der Waals surface area contributed by atoms with Crippen molar-refractivity contribution in [1.29, 1.82) is 0 Å². The maximum atomic E-state index is 14.5. The molecule has 144 valence electrons. The van der Waals surface area contributed by atoms with Crippen molar-refractivity contribution in [1.82, 2.24) is 0 Å². The molecule has 1 saturated heterocycles. The Morgan fingerprint density at radius 3 is 2.42 bits per heavy atom. The summed E-state index contributed by atoms with van der Waals surface area (Å²) in [4.78, 5) is 24.9. The molecule has 26 heavy (non-hydrogen) atoms. The molecule has 7 heteroatoms. The van der Waals surface area contributed by atoms with Crippen LogP contribution in [0.1, 0.15) is 40.5 Å². The summed E-state index contributed by atoms with van der Waals surface area (Å²) < 4.78 is 20.2. The maximum Gasteiger partial charge on any atom is 0.303 e. The molecule has 0 bridgehead atoms. The van der Waals surface area contributed by atoms with Crippen LogP contribution in [0.5, 0.6) is 0 Å². The molecule has 1 fully saturated rings. The summed E-state index contributed by atoms with van der Waals surface area (Å²) in [6.45, 7) is 8.55. The molecular weight excluding hydrogens is 339 g/mol. The van der Waals surface area contributed by atoms with E-state index < -0.39 is 17.2 Å². The Bertz CT molecular complexity index is 668. The van der Waals surface area contributed by atoms with Gasteiger partial charge in [-0.3, -0.25) is 9.59 Å². The van der Waals surface area contributed by atoms with Crippen LogP contribution in [-0.2, 0) is 14.3 Å². The zero-order chi connectivity index (χ0) is 19.5. The van der Waals surface area contributed by atoms with E-state index >= 15 is 0 Å². The Balaban J connectivity index is 2.03. The number of benzene rings is 1. The number of nitrogens with one attached hydrogen (secondary N) is 1. The first-order valence-corrected chi connectivity index (χ1v) is 8.77. The average Bonchev–Trinajstić information content (AvgIpc) is 2.43. The van der Waals surface area contributed by atoms with Gasteiger partial charge in [0.05, 0.1) is 24.3 Å². The molecular formula is C19H27FN2O4. The molecule has 1 aromatic rings. The van der Waals surface area contributed by atoms with Crippen LogP contribution in [0.2, 0.25) is 0 Å². The second-order valence-electron chi connectivity index (χ2n) is 7.79. The zero-order valence-corrected chi connectivity index (χ0v) is 15.7. The molecule has 2 atom stereocenters. The highest BCUT2D eigenvalue weighted by molar-refractivity contribution is 5.91. The number of rotatable bonds is 6. The van der Waals surface area contributed by atoms with E-state index in [4.69, 9.17) is 9.84 Å². The lowest BCUT2D eigenvalue weighted by atomic mass is 9.85. The van der Waals surface area contributed by atoms with Crippen LogP contribution >= 0.6 is 0 Å². The number of carboxylic acids is 1. The van der Waals surface area contributed by atoms with Crippen LogP contribution in [0.4, 0.5) is 15.8 Å². The first-order valence-electron chi connectivity index (χ1n) is 8.77. The smallest absolute Gasteiger partial charge is 0.303 e. The largest absolute Gasteiger partial charge is 0.481 e. The molecule has 1 heterocycles. The molecule has 0 spiro atoms. The van der Waals surface area contributed by atoms with E-state index in [1.54, 1.807) is 26.0 Å². The monoisotopic (exact) mass is 366 g/mol. The van der Waals surface area contributed by atoms with E-state index in [1.807, 2.05) is 18.7 Å². The fourth-order valence-corrected chi connectivity index (χ4v) is 3.33. The van der Waals surface area contributed by atoms with Gasteiger partial charge in [-0.25, -0.2) is 4.39 Å². The second-order valence-corrected chi connectivity index (χ2v) is 7.79. The highest BCUT2D eigenvalue weighted by Gasteiger charge is 2.26. The maximum absolute atomic E-state index is 14.5. The predicted octanol–water partition coefficient (Wildman–Crippen LogP) is 3.27. The van der Waals surface area contributed by atoms with Gasteiger partial charge in [0.25, 0.3) is 0 Å². The van der Waals surface area contributed by atoms with E-state index in [2.05, 4.69) is 5.32 Å². The van der Waals surface area contributed by atoms with Gasteiger partial charge in [-0.2, -0.15) is 0 Å². The van der Waals surface area contributed by atoms with Crippen molar-refractivity contribution >= 4 is 23.3 Å². The summed E-state index contributed by atoms with van der Waals surface area (Å²) in [7, 11) is 0. The third-order valence-corrected chi connectivity index (χ3v) is 4.26. The fraction of sp³-hybridized carbons (Fsp3) is 0.579. The first kappa shape index (κ1) is 20.2. The number of hydrogen-bond donors (Lipinski definition) is 2. The number of anilines is 2. The zero-order valence-electron chi connectivity index (χ0n) is 15.7. The first-order chi connectivity index (χ1) is 12.1. The Morgan fingerprint density at radius 2 is 1.88 bits per heavy atom. The summed E-state index contributed by atoms with van der Waals surface area (Å²) in [5.74, 6) is -1.70. The topological polar surface area (TPSA) is 78.9 Å². The summed E-state index contributed by atoms with van der Waals surface area (Å²) in [5, 5.41) is 11.5. The average molecular weight is 366 g/mol. The molecule has 1 amide bonds. The Labute approximate surface area is 153 Å². The van der Waals surface area contributed by atoms with Gasteiger partial charge in [-0.15, -0.1) is 0 Å². The van der Waals surface area contributed by atoms with Crippen molar-refractivity contribution in [2.24, 2.45) is 5.41 Å². The van der Waals surface area contributed by atoms with E-state index in [0.29, 0.717) is 24.5 Å². The number of aliphatic carboxylic acids is 1. The van der Waals surface area contributed by atoms with Crippen molar-refractivity contribution in [3.8, 4) is 0 Å². The summed E-state index contributed by atoms with van der Waals surface area (Å²) in [6.07, 6.45) is -0.0227. The molecule has 2 rings (SSSR count). The van der Waals surface area contributed by atoms with Gasteiger partial charge in [-0.05, 0) is 37.5 Å². The predicted molar refractivity (Wildman–Crippen MR) is 97.9 cm³/mol. The molecule has 6 nitrogen and oxygen atoms in total. The lowest BCUT2D eigenvalue weighted by Gasteiger charge is -2.37. The molecule has 1 aliphatic heterocycles. The minimum Gasteiger partial charge on any atom is -0.481 e. The van der Waals surface area contributed by atoms with Crippen LogP contribution in [0.25, 0.3) is 0 Å². The van der Waals surface area contributed by atoms with Crippen molar-refractivity contribution < 1.29 is 23.8 Å². The minimum absolute atomic E-state index is 0.0222. The van der Waals surface area contributed by atoms with E-state index in [0.717, 1.165) is 0 Å². The number of morpholine rings is 1.